The van der Waals surface area contributed by atoms with Crippen molar-refractivity contribution in [2.75, 3.05) is 6.54 Å². The Labute approximate surface area is 131 Å². The van der Waals surface area contributed by atoms with Gasteiger partial charge in [0.25, 0.3) is 0 Å². The van der Waals surface area contributed by atoms with Gasteiger partial charge in [-0.15, -0.1) is 0 Å². The first kappa shape index (κ1) is 15.4. The standard InChI is InChI=1S/C16H16F2IN/c1-2-9-20-16(11-3-6-13(19)7-4-11)14-10-12(17)5-8-15(14)18/h3-8,10,16,20H,2,9H2,1H3. The van der Waals surface area contributed by atoms with Crippen molar-refractivity contribution in [2.45, 2.75) is 19.4 Å². The van der Waals surface area contributed by atoms with Crippen LogP contribution in [0, 0.1) is 15.2 Å². The Morgan fingerprint density at radius 1 is 1.10 bits per heavy atom. The summed E-state index contributed by atoms with van der Waals surface area (Å²) in [5.74, 6) is -0.811. The highest BCUT2D eigenvalue weighted by molar-refractivity contribution is 14.1. The van der Waals surface area contributed by atoms with E-state index in [4.69, 9.17) is 0 Å². The van der Waals surface area contributed by atoms with E-state index in [2.05, 4.69) is 27.9 Å². The van der Waals surface area contributed by atoms with E-state index in [-0.39, 0.29) is 6.04 Å². The summed E-state index contributed by atoms with van der Waals surface area (Å²) in [6, 6.07) is 11.1. The second kappa shape index (κ2) is 7.13. The molecule has 4 heteroatoms. The summed E-state index contributed by atoms with van der Waals surface area (Å²) in [4.78, 5) is 0. The predicted molar refractivity (Wildman–Crippen MR) is 85.7 cm³/mol. The van der Waals surface area contributed by atoms with Crippen LogP contribution in [0.5, 0.6) is 0 Å². The summed E-state index contributed by atoms with van der Waals surface area (Å²) in [6.07, 6.45) is 0.928. The van der Waals surface area contributed by atoms with Gasteiger partial charge in [-0.25, -0.2) is 8.78 Å². The molecule has 1 nitrogen and oxygen atoms in total. The maximum Gasteiger partial charge on any atom is 0.128 e. The van der Waals surface area contributed by atoms with Gasteiger partial charge in [-0.05, 0) is 71.5 Å². The Hall–Kier alpha value is -1.01. The lowest BCUT2D eigenvalue weighted by Gasteiger charge is -2.20. The second-order valence-electron chi connectivity index (χ2n) is 4.60. The average molecular weight is 387 g/mol. The van der Waals surface area contributed by atoms with E-state index in [1.54, 1.807) is 0 Å². The largest absolute Gasteiger partial charge is 0.306 e. The highest BCUT2D eigenvalue weighted by Crippen LogP contribution is 2.26. The fourth-order valence-electron chi connectivity index (χ4n) is 2.09. The molecule has 2 rings (SSSR count). The van der Waals surface area contributed by atoms with Gasteiger partial charge in [-0.1, -0.05) is 19.1 Å². The smallest absolute Gasteiger partial charge is 0.128 e. The van der Waals surface area contributed by atoms with E-state index in [9.17, 15) is 8.78 Å². The molecule has 0 aliphatic rings. The minimum Gasteiger partial charge on any atom is -0.306 e. The van der Waals surface area contributed by atoms with Crippen LogP contribution in [0.25, 0.3) is 0 Å². The van der Waals surface area contributed by atoms with Gasteiger partial charge in [-0.3, -0.25) is 0 Å². The van der Waals surface area contributed by atoms with Crippen LogP contribution in [-0.2, 0) is 0 Å². The maximum absolute atomic E-state index is 14.0. The van der Waals surface area contributed by atoms with Gasteiger partial charge < -0.3 is 5.32 Å². The van der Waals surface area contributed by atoms with E-state index in [1.165, 1.54) is 12.1 Å². The Bertz CT molecular complexity index is 569. The van der Waals surface area contributed by atoms with Crippen molar-refractivity contribution >= 4 is 22.6 Å². The number of halogens is 3. The van der Waals surface area contributed by atoms with Crippen LogP contribution in [0.4, 0.5) is 8.78 Å². The van der Waals surface area contributed by atoms with Crippen LogP contribution in [0.3, 0.4) is 0 Å². The van der Waals surface area contributed by atoms with Crippen molar-refractivity contribution in [3.05, 3.63) is 68.8 Å². The quantitative estimate of drug-likeness (QED) is 0.737. The first-order chi connectivity index (χ1) is 9.61. The van der Waals surface area contributed by atoms with E-state index in [0.29, 0.717) is 5.56 Å². The van der Waals surface area contributed by atoms with Gasteiger partial charge in [0, 0.05) is 9.13 Å². The van der Waals surface area contributed by atoms with E-state index in [1.807, 2.05) is 31.2 Å². The molecule has 0 aliphatic heterocycles. The number of rotatable bonds is 5. The molecule has 1 N–H and O–H groups in total. The van der Waals surface area contributed by atoms with Crippen molar-refractivity contribution in [1.29, 1.82) is 0 Å². The highest BCUT2D eigenvalue weighted by Gasteiger charge is 2.18. The molecule has 0 aliphatic carbocycles. The van der Waals surface area contributed by atoms with Crippen LogP contribution in [0.2, 0.25) is 0 Å². The fourth-order valence-corrected chi connectivity index (χ4v) is 2.45. The third kappa shape index (κ3) is 3.76. The molecule has 0 saturated heterocycles. The lowest BCUT2D eigenvalue weighted by atomic mass is 9.98. The van der Waals surface area contributed by atoms with Gasteiger partial charge in [0.15, 0.2) is 0 Å². The summed E-state index contributed by atoms with van der Waals surface area (Å²) in [5, 5.41) is 3.28. The Balaban J connectivity index is 2.41. The molecular formula is C16H16F2IN. The molecule has 0 heterocycles. The predicted octanol–water partition coefficient (Wildman–Crippen LogP) is 4.66. The van der Waals surface area contributed by atoms with Crippen LogP contribution in [-0.4, -0.2) is 6.54 Å². The van der Waals surface area contributed by atoms with E-state index < -0.39 is 11.6 Å². The van der Waals surface area contributed by atoms with Crippen molar-refractivity contribution in [3.8, 4) is 0 Å². The van der Waals surface area contributed by atoms with Gasteiger partial charge in [0.05, 0.1) is 6.04 Å². The first-order valence-electron chi connectivity index (χ1n) is 6.55. The van der Waals surface area contributed by atoms with Gasteiger partial charge in [0.1, 0.15) is 11.6 Å². The fraction of sp³-hybridized carbons (Fsp3) is 0.250. The van der Waals surface area contributed by atoms with Crippen molar-refractivity contribution < 1.29 is 8.78 Å². The minimum absolute atomic E-state index is 0.331. The first-order valence-corrected chi connectivity index (χ1v) is 7.63. The number of hydrogen-bond acceptors (Lipinski definition) is 1. The molecule has 0 amide bonds. The van der Waals surface area contributed by atoms with Crippen LogP contribution in [0.15, 0.2) is 42.5 Å². The van der Waals surface area contributed by atoms with Crippen LogP contribution in [0.1, 0.15) is 30.5 Å². The zero-order valence-corrected chi connectivity index (χ0v) is 13.3. The van der Waals surface area contributed by atoms with Crippen molar-refractivity contribution in [3.63, 3.8) is 0 Å². The lowest BCUT2D eigenvalue weighted by Crippen LogP contribution is -2.24. The molecule has 2 aromatic rings. The summed E-state index contributed by atoms with van der Waals surface area (Å²) in [7, 11) is 0. The molecule has 0 aromatic heterocycles. The van der Waals surface area contributed by atoms with Crippen LogP contribution < -0.4 is 5.32 Å². The minimum atomic E-state index is -0.421. The molecule has 1 unspecified atom stereocenters. The van der Waals surface area contributed by atoms with Gasteiger partial charge >= 0.3 is 0 Å². The van der Waals surface area contributed by atoms with E-state index in [0.717, 1.165) is 28.2 Å². The van der Waals surface area contributed by atoms with Crippen molar-refractivity contribution in [1.82, 2.24) is 5.32 Å². The average Bonchev–Trinajstić information content (AvgIpc) is 2.44. The summed E-state index contributed by atoms with van der Waals surface area (Å²) < 4.78 is 28.5. The molecule has 106 valence electrons. The Morgan fingerprint density at radius 2 is 1.80 bits per heavy atom. The van der Waals surface area contributed by atoms with Crippen LogP contribution >= 0.6 is 22.6 Å². The lowest BCUT2D eigenvalue weighted by molar-refractivity contribution is 0.535. The summed E-state index contributed by atoms with van der Waals surface area (Å²) in [6.45, 7) is 2.78. The molecule has 0 fully saturated rings. The maximum atomic E-state index is 14.0. The Kier molecular flexibility index (Phi) is 5.48. The third-order valence-corrected chi connectivity index (χ3v) is 3.79. The molecule has 20 heavy (non-hydrogen) atoms. The molecule has 0 saturated carbocycles. The van der Waals surface area contributed by atoms with Gasteiger partial charge in [-0.2, -0.15) is 0 Å². The summed E-state index contributed by atoms with van der Waals surface area (Å²) >= 11 is 2.22. The van der Waals surface area contributed by atoms with E-state index >= 15 is 0 Å². The highest BCUT2D eigenvalue weighted by atomic mass is 127. The number of hydrogen-bond donors (Lipinski definition) is 1. The zero-order valence-electron chi connectivity index (χ0n) is 11.2. The normalized spacial score (nSPS) is 12.4. The monoisotopic (exact) mass is 387 g/mol. The number of nitrogens with one attached hydrogen (secondary N) is 1. The molecular weight excluding hydrogens is 371 g/mol. The van der Waals surface area contributed by atoms with Gasteiger partial charge in [0.2, 0.25) is 0 Å². The third-order valence-electron chi connectivity index (χ3n) is 3.07. The molecule has 0 radical (unpaired) electrons. The molecule has 1 atom stereocenters. The Morgan fingerprint density at radius 3 is 2.45 bits per heavy atom. The summed E-state index contributed by atoms with van der Waals surface area (Å²) in [5.41, 5.74) is 1.28. The topological polar surface area (TPSA) is 12.0 Å². The molecule has 0 bridgehead atoms. The zero-order chi connectivity index (χ0) is 14.5. The second-order valence-corrected chi connectivity index (χ2v) is 5.85. The van der Waals surface area contributed by atoms with Crippen molar-refractivity contribution in [2.24, 2.45) is 0 Å². The molecule has 0 spiro atoms. The molecule has 2 aromatic carbocycles. The number of benzene rings is 2. The SMILES string of the molecule is CCCNC(c1ccc(I)cc1)c1cc(F)ccc1F.